The molecule has 4 heteroatoms. The summed E-state index contributed by atoms with van der Waals surface area (Å²) < 4.78 is 6.15. The standard InChI is InChI=1S/C14H12BrNO2/c15-13-6-5-9(8-16-13)7-12-10-3-1-2-4-11(10)14(17)18-12/h5-8H,1-4H2/b12-7+. The van der Waals surface area contributed by atoms with Crippen molar-refractivity contribution in [2.75, 3.05) is 0 Å². The highest BCUT2D eigenvalue weighted by Gasteiger charge is 2.30. The quantitative estimate of drug-likeness (QED) is 0.588. The van der Waals surface area contributed by atoms with Crippen molar-refractivity contribution in [2.45, 2.75) is 25.7 Å². The van der Waals surface area contributed by atoms with Crippen molar-refractivity contribution in [2.24, 2.45) is 0 Å². The number of ether oxygens (including phenoxy) is 1. The van der Waals surface area contributed by atoms with E-state index in [2.05, 4.69) is 20.9 Å². The number of hydrogen-bond acceptors (Lipinski definition) is 3. The van der Waals surface area contributed by atoms with Crippen LogP contribution in [-0.4, -0.2) is 11.0 Å². The van der Waals surface area contributed by atoms with E-state index in [1.807, 2.05) is 18.2 Å². The van der Waals surface area contributed by atoms with Crippen LogP contribution in [0.4, 0.5) is 0 Å². The summed E-state index contributed by atoms with van der Waals surface area (Å²) in [5, 5.41) is 0. The molecule has 1 aromatic rings. The lowest BCUT2D eigenvalue weighted by atomic mass is 9.92. The van der Waals surface area contributed by atoms with Crippen LogP contribution in [0.3, 0.4) is 0 Å². The van der Waals surface area contributed by atoms with Gasteiger partial charge in [0, 0.05) is 17.3 Å². The Hall–Kier alpha value is -1.42. The summed E-state index contributed by atoms with van der Waals surface area (Å²) in [5.74, 6) is 0.542. The molecule has 0 radical (unpaired) electrons. The van der Waals surface area contributed by atoms with E-state index in [1.54, 1.807) is 6.20 Å². The maximum atomic E-state index is 11.7. The lowest BCUT2D eigenvalue weighted by Crippen LogP contribution is -2.01. The Morgan fingerprint density at radius 3 is 2.72 bits per heavy atom. The SMILES string of the molecule is O=C1O/C(=C/c2ccc(Br)nc2)C2=C1CCCC2. The van der Waals surface area contributed by atoms with Crippen LogP contribution in [0, 0.1) is 0 Å². The number of halogens is 1. The van der Waals surface area contributed by atoms with Crippen molar-refractivity contribution in [3.63, 3.8) is 0 Å². The van der Waals surface area contributed by atoms with Gasteiger partial charge in [-0.15, -0.1) is 0 Å². The van der Waals surface area contributed by atoms with E-state index in [0.29, 0.717) is 5.76 Å². The summed E-state index contributed by atoms with van der Waals surface area (Å²) in [6.07, 6.45) is 7.66. The predicted molar refractivity (Wildman–Crippen MR) is 71.5 cm³/mol. The highest BCUT2D eigenvalue weighted by Crippen LogP contribution is 2.37. The number of allylic oxidation sites excluding steroid dienone is 1. The van der Waals surface area contributed by atoms with Gasteiger partial charge in [-0.3, -0.25) is 0 Å². The van der Waals surface area contributed by atoms with Gasteiger partial charge < -0.3 is 4.74 Å². The van der Waals surface area contributed by atoms with Gasteiger partial charge in [0.15, 0.2) is 0 Å². The molecule has 0 spiro atoms. The van der Waals surface area contributed by atoms with Gasteiger partial charge in [-0.05, 0) is 59.3 Å². The van der Waals surface area contributed by atoms with Crippen molar-refractivity contribution in [3.8, 4) is 0 Å². The zero-order chi connectivity index (χ0) is 12.5. The Balaban J connectivity index is 1.95. The Kier molecular flexibility index (Phi) is 3.04. The molecule has 0 amide bonds. The van der Waals surface area contributed by atoms with Crippen molar-refractivity contribution in [3.05, 3.63) is 45.4 Å². The van der Waals surface area contributed by atoms with Gasteiger partial charge in [-0.1, -0.05) is 6.07 Å². The Morgan fingerprint density at radius 2 is 2.00 bits per heavy atom. The second-order valence-electron chi connectivity index (χ2n) is 4.48. The van der Waals surface area contributed by atoms with Crippen LogP contribution >= 0.6 is 15.9 Å². The third kappa shape index (κ3) is 2.12. The van der Waals surface area contributed by atoms with Crippen molar-refractivity contribution in [1.29, 1.82) is 0 Å². The second kappa shape index (κ2) is 4.69. The van der Waals surface area contributed by atoms with E-state index in [-0.39, 0.29) is 5.97 Å². The normalized spacial score (nSPS) is 21.2. The number of carbonyl (C=O) groups is 1. The third-order valence-electron chi connectivity index (χ3n) is 3.26. The lowest BCUT2D eigenvalue weighted by Gasteiger charge is -2.10. The topological polar surface area (TPSA) is 39.2 Å². The van der Waals surface area contributed by atoms with Crippen LogP contribution in [0.2, 0.25) is 0 Å². The Labute approximate surface area is 114 Å². The van der Waals surface area contributed by atoms with Crippen molar-refractivity contribution >= 4 is 28.0 Å². The molecule has 92 valence electrons. The molecule has 18 heavy (non-hydrogen) atoms. The first kappa shape index (κ1) is 11.7. The number of hydrogen-bond donors (Lipinski definition) is 0. The third-order valence-corrected chi connectivity index (χ3v) is 3.73. The van der Waals surface area contributed by atoms with Gasteiger partial charge in [0.1, 0.15) is 10.4 Å². The number of pyridine rings is 1. The van der Waals surface area contributed by atoms with Gasteiger partial charge in [0.2, 0.25) is 0 Å². The molecule has 0 saturated heterocycles. The number of aromatic nitrogens is 1. The zero-order valence-corrected chi connectivity index (χ0v) is 11.4. The molecular weight excluding hydrogens is 294 g/mol. The fraction of sp³-hybridized carbons (Fsp3) is 0.286. The molecule has 0 bridgehead atoms. The van der Waals surface area contributed by atoms with E-state index < -0.39 is 0 Å². The maximum absolute atomic E-state index is 11.7. The van der Waals surface area contributed by atoms with Crippen LogP contribution < -0.4 is 0 Å². The average Bonchev–Trinajstić information content (AvgIpc) is 2.70. The summed E-state index contributed by atoms with van der Waals surface area (Å²) in [5.41, 5.74) is 2.91. The van der Waals surface area contributed by atoms with Crippen molar-refractivity contribution < 1.29 is 9.53 Å². The number of cyclic esters (lactones) is 1. The Morgan fingerprint density at radius 1 is 1.22 bits per heavy atom. The van der Waals surface area contributed by atoms with Crippen LogP contribution in [0.5, 0.6) is 0 Å². The molecule has 0 saturated carbocycles. The van der Waals surface area contributed by atoms with Gasteiger partial charge in [0.25, 0.3) is 0 Å². The molecule has 1 aliphatic heterocycles. The molecular formula is C14H12BrNO2. The summed E-state index contributed by atoms with van der Waals surface area (Å²) in [7, 11) is 0. The summed E-state index contributed by atoms with van der Waals surface area (Å²) in [6.45, 7) is 0. The largest absolute Gasteiger partial charge is 0.423 e. The molecule has 0 atom stereocenters. The number of carbonyl (C=O) groups excluding carboxylic acids is 1. The molecule has 1 aliphatic carbocycles. The van der Waals surface area contributed by atoms with E-state index >= 15 is 0 Å². The van der Waals surface area contributed by atoms with Gasteiger partial charge >= 0.3 is 5.97 Å². The van der Waals surface area contributed by atoms with Crippen LogP contribution in [-0.2, 0) is 9.53 Å². The molecule has 2 heterocycles. The molecule has 3 rings (SSSR count). The van der Waals surface area contributed by atoms with E-state index in [9.17, 15) is 4.79 Å². The first-order valence-corrected chi connectivity index (χ1v) is 6.81. The maximum Gasteiger partial charge on any atom is 0.339 e. The molecule has 0 unspecified atom stereocenters. The number of esters is 1. The molecule has 0 N–H and O–H groups in total. The molecule has 2 aliphatic rings. The highest BCUT2D eigenvalue weighted by atomic mass is 79.9. The smallest absolute Gasteiger partial charge is 0.339 e. The molecule has 0 aromatic carbocycles. The average molecular weight is 306 g/mol. The second-order valence-corrected chi connectivity index (χ2v) is 5.29. The number of rotatable bonds is 1. The minimum atomic E-state index is -0.166. The van der Waals surface area contributed by atoms with Crippen LogP contribution in [0.1, 0.15) is 31.2 Å². The molecule has 1 aromatic heterocycles. The summed E-state index contributed by atoms with van der Waals surface area (Å²) in [4.78, 5) is 15.9. The minimum Gasteiger partial charge on any atom is -0.423 e. The number of nitrogens with zero attached hydrogens (tertiary/aromatic N) is 1. The molecule has 0 fully saturated rings. The lowest BCUT2D eigenvalue weighted by molar-refractivity contribution is -0.133. The van der Waals surface area contributed by atoms with E-state index in [4.69, 9.17) is 4.74 Å². The predicted octanol–water partition coefficient (Wildman–Crippen LogP) is 3.61. The monoisotopic (exact) mass is 305 g/mol. The first-order chi connectivity index (χ1) is 8.74. The van der Waals surface area contributed by atoms with Gasteiger partial charge in [-0.2, -0.15) is 0 Å². The molecule has 3 nitrogen and oxygen atoms in total. The zero-order valence-electron chi connectivity index (χ0n) is 9.78. The Bertz CT molecular complexity index is 558. The van der Waals surface area contributed by atoms with E-state index in [1.165, 1.54) is 0 Å². The van der Waals surface area contributed by atoms with Crippen LogP contribution in [0.25, 0.3) is 6.08 Å². The summed E-state index contributed by atoms with van der Waals surface area (Å²) in [6, 6.07) is 3.82. The fourth-order valence-corrected chi connectivity index (χ4v) is 2.60. The van der Waals surface area contributed by atoms with Gasteiger partial charge in [0.05, 0.1) is 0 Å². The summed E-state index contributed by atoms with van der Waals surface area (Å²) >= 11 is 3.30. The van der Waals surface area contributed by atoms with Gasteiger partial charge in [-0.25, -0.2) is 9.78 Å². The highest BCUT2D eigenvalue weighted by molar-refractivity contribution is 9.10. The van der Waals surface area contributed by atoms with E-state index in [0.717, 1.165) is 47.0 Å². The first-order valence-electron chi connectivity index (χ1n) is 6.02. The fourth-order valence-electron chi connectivity index (χ4n) is 2.37. The van der Waals surface area contributed by atoms with Crippen LogP contribution in [0.15, 0.2) is 39.8 Å². The minimum absolute atomic E-state index is 0.166. The van der Waals surface area contributed by atoms with Crippen molar-refractivity contribution in [1.82, 2.24) is 4.98 Å².